The zero-order chi connectivity index (χ0) is 20.1. The van der Waals surface area contributed by atoms with Crippen molar-refractivity contribution in [1.82, 2.24) is 19.8 Å². The number of fused-ring (bicyclic) bond motifs is 1. The van der Waals surface area contributed by atoms with Gasteiger partial charge in [0, 0.05) is 38.8 Å². The van der Waals surface area contributed by atoms with Crippen LogP contribution in [0.25, 0.3) is 11.0 Å². The van der Waals surface area contributed by atoms with Crippen LogP contribution in [-0.4, -0.2) is 63.8 Å². The Morgan fingerprint density at radius 1 is 1.10 bits per heavy atom. The number of piperazine rings is 1. The SMILES string of the molecule is CCOc1ccc(CN2CCN(Cc3nc4ccccc4[nH]3)C[C@H]2CCO)cc1. The summed E-state index contributed by atoms with van der Waals surface area (Å²) in [6.07, 6.45) is 0.785. The molecular weight excluding hydrogens is 364 g/mol. The lowest BCUT2D eigenvalue weighted by Crippen LogP contribution is -2.52. The predicted molar refractivity (Wildman–Crippen MR) is 115 cm³/mol. The Bertz CT molecular complexity index is 876. The lowest BCUT2D eigenvalue weighted by molar-refractivity contribution is 0.0489. The van der Waals surface area contributed by atoms with E-state index in [4.69, 9.17) is 9.72 Å². The molecule has 4 rings (SSSR count). The summed E-state index contributed by atoms with van der Waals surface area (Å²) in [5, 5.41) is 9.59. The highest BCUT2D eigenvalue weighted by Gasteiger charge is 2.27. The minimum atomic E-state index is 0.211. The van der Waals surface area contributed by atoms with Gasteiger partial charge in [0.25, 0.3) is 0 Å². The number of nitrogens with zero attached hydrogens (tertiary/aromatic N) is 3. The first-order valence-corrected chi connectivity index (χ1v) is 10.5. The van der Waals surface area contributed by atoms with Crippen molar-refractivity contribution in [2.75, 3.05) is 32.8 Å². The minimum Gasteiger partial charge on any atom is -0.494 e. The number of hydrogen-bond donors (Lipinski definition) is 2. The van der Waals surface area contributed by atoms with Crippen molar-refractivity contribution in [3.05, 3.63) is 59.9 Å². The summed E-state index contributed by atoms with van der Waals surface area (Å²) in [7, 11) is 0. The number of aromatic nitrogens is 2. The number of imidazole rings is 1. The monoisotopic (exact) mass is 394 g/mol. The number of para-hydroxylation sites is 2. The molecular formula is C23H30N4O2. The van der Waals surface area contributed by atoms with Gasteiger partial charge in [-0.1, -0.05) is 24.3 Å². The molecule has 1 aliphatic heterocycles. The number of rotatable bonds is 8. The van der Waals surface area contributed by atoms with Crippen molar-refractivity contribution in [3.63, 3.8) is 0 Å². The van der Waals surface area contributed by atoms with Crippen molar-refractivity contribution < 1.29 is 9.84 Å². The first-order chi connectivity index (χ1) is 14.2. The van der Waals surface area contributed by atoms with E-state index < -0.39 is 0 Å². The number of ether oxygens (including phenoxy) is 1. The van der Waals surface area contributed by atoms with Gasteiger partial charge in [0.05, 0.1) is 24.2 Å². The second-order valence-corrected chi connectivity index (χ2v) is 7.65. The van der Waals surface area contributed by atoms with E-state index in [-0.39, 0.29) is 6.61 Å². The Kier molecular flexibility index (Phi) is 6.44. The summed E-state index contributed by atoms with van der Waals surface area (Å²) in [6, 6.07) is 16.8. The fourth-order valence-corrected chi connectivity index (χ4v) is 4.12. The van der Waals surface area contributed by atoms with E-state index in [1.54, 1.807) is 0 Å². The quantitative estimate of drug-likeness (QED) is 0.615. The average Bonchev–Trinajstić information content (AvgIpc) is 3.14. The average molecular weight is 395 g/mol. The molecule has 6 nitrogen and oxygen atoms in total. The maximum absolute atomic E-state index is 9.59. The molecule has 0 amide bonds. The molecule has 1 aromatic heterocycles. The molecule has 29 heavy (non-hydrogen) atoms. The normalized spacial score (nSPS) is 18.3. The van der Waals surface area contributed by atoms with Gasteiger partial charge in [-0.05, 0) is 43.2 Å². The Labute approximate surface area is 172 Å². The van der Waals surface area contributed by atoms with Gasteiger partial charge in [0.2, 0.25) is 0 Å². The Morgan fingerprint density at radius 3 is 2.69 bits per heavy atom. The summed E-state index contributed by atoms with van der Waals surface area (Å²) in [4.78, 5) is 13.1. The van der Waals surface area contributed by atoms with E-state index in [1.807, 2.05) is 37.3 Å². The van der Waals surface area contributed by atoms with Crippen molar-refractivity contribution >= 4 is 11.0 Å². The molecule has 2 aromatic carbocycles. The molecule has 154 valence electrons. The van der Waals surface area contributed by atoms with E-state index in [2.05, 4.69) is 33.0 Å². The summed E-state index contributed by atoms with van der Waals surface area (Å²) in [5.74, 6) is 1.92. The molecule has 2 N–H and O–H groups in total. The molecule has 1 fully saturated rings. The van der Waals surface area contributed by atoms with Crippen LogP contribution in [0.4, 0.5) is 0 Å². The minimum absolute atomic E-state index is 0.211. The highest BCUT2D eigenvalue weighted by atomic mass is 16.5. The first kappa shape index (κ1) is 19.9. The Balaban J connectivity index is 1.38. The largest absolute Gasteiger partial charge is 0.494 e. The molecule has 0 radical (unpaired) electrons. The van der Waals surface area contributed by atoms with Gasteiger partial charge >= 0.3 is 0 Å². The van der Waals surface area contributed by atoms with E-state index in [9.17, 15) is 5.11 Å². The molecule has 3 aromatic rings. The Morgan fingerprint density at radius 2 is 1.93 bits per heavy atom. The third kappa shape index (κ3) is 4.96. The number of benzene rings is 2. The van der Waals surface area contributed by atoms with E-state index in [1.165, 1.54) is 5.56 Å². The van der Waals surface area contributed by atoms with Gasteiger partial charge in [-0.15, -0.1) is 0 Å². The van der Waals surface area contributed by atoms with E-state index in [0.717, 1.165) is 61.8 Å². The Hall–Kier alpha value is -2.41. The first-order valence-electron chi connectivity index (χ1n) is 10.5. The van der Waals surface area contributed by atoms with E-state index in [0.29, 0.717) is 12.6 Å². The molecule has 0 saturated carbocycles. The number of hydrogen-bond acceptors (Lipinski definition) is 5. The molecule has 1 saturated heterocycles. The molecule has 0 unspecified atom stereocenters. The van der Waals surface area contributed by atoms with Gasteiger partial charge in [-0.25, -0.2) is 4.98 Å². The van der Waals surface area contributed by atoms with Crippen LogP contribution in [0.5, 0.6) is 5.75 Å². The topological polar surface area (TPSA) is 64.6 Å². The molecule has 2 heterocycles. The molecule has 0 aliphatic carbocycles. The van der Waals surface area contributed by atoms with Crippen molar-refractivity contribution in [3.8, 4) is 5.75 Å². The maximum Gasteiger partial charge on any atom is 0.121 e. The maximum atomic E-state index is 9.59. The van der Waals surface area contributed by atoms with Gasteiger partial charge in [0.1, 0.15) is 11.6 Å². The highest BCUT2D eigenvalue weighted by molar-refractivity contribution is 5.74. The van der Waals surface area contributed by atoms with Crippen LogP contribution in [0.3, 0.4) is 0 Å². The van der Waals surface area contributed by atoms with Crippen LogP contribution in [0.15, 0.2) is 48.5 Å². The number of aromatic amines is 1. The third-order valence-electron chi connectivity index (χ3n) is 5.58. The van der Waals surface area contributed by atoms with Crippen molar-refractivity contribution in [2.45, 2.75) is 32.5 Å². The van der Waals surface area contributed by atoms with Crippen LogP contribution >= 0.6 is 0 Å². The summed E-state index contributed by atoms with van der Waals surface area (Å²) in [6.45, 7) is 7.53. The predicted octanol–water partition coefficient (Wildman–Crippen LogP) is 3.03. The number of H-pyrrole nitrogens is 1. The smallest absolute Gasteiger partial charge is 0.121 e. The molecule has 0 bridgehead atoms. The summed E-state index contributed by atoms with van der Waals surface area (Å²) >= 11 is 0. The molecule has 0 spiro atoms. The van der Waals surface area contributed by atoms with Crippen LogP contribution in [0.2, 0.25) is 0 Å². The summed E-state index contributed by atoms with van der Waals surface area (Å²) in [5.41, 5.74) is 3.38. The number of aliphatic hydroxyl groups excluding tert-OH is 1. The zero-order valence-electron chi connectivity index (χ0n) is 17.1. The number of aliphatic hydroxyl groups is 1. The molecule has 1 aliphatic rings. The second-order valence-electron chi connectivity index (χ2n) is 7.65. The van der Waals surface area contributed by atoms with Gasteiger partial charge in [-0.2, -0.15) is 0 Å². The lowest BCUT2D eigenvalue weighted by Gasteiger charge is -2.41. The second kappa shape index (κ2) is 9.39. The van der Waals surface area contributed by atoms with Crippen LogP contribution < -0.4 is 4.74 Å². The van der Waals surface area contributed by atoms with Gasteiger partial charge in [0.15, 0.2) is 0 Å². The van der Waals surface area contributed by atoms with Crippen LogP contribution in [0, 0.1) is 0 Å². The van der Waals surface area contributed by atoms with Crippen molar-refractivity contribution in [2.24, 2.45) is 0 Å². The fraction of sp³-hybridized carbons (Fsp3) is 0.435. The van der Waals surface area contributed by atoms with Gasteiger partial charge in [-0.3, -0.25) is 9.80 Å². The third-order valence-corrected chi connectivity index (χ3v) is 5.58. The van der Waals surface area contributed by atoms with E-state index >= 15 is 0 Å². The van der Waals surface area contributed by atoms with Gasteiger partial charge < -0.3 is 14.8 Å². The zero-order valence-corrected chi connectivity index (χ0v) is 17.1. The number of nitrogens with one attached hydrogen (secondary N) is 1. The standard InChI is InChI=1S/C23H30N4O2/c1-2-29-20-9-7-18(8-10-20)15-27-13-12-26(16-19(27)11-14-28)17-23-24-21-5-3-4-6-22(21)25-23/h3-10,19,28H,2,11-17H2,1H3,(H,24,25)/t19-/m1/s1. The lowest BCUT2D eigenvalue weighted by atomic mass is 10.1. The highest BCUT2D eigenvalue weighted by Crippen LogP contribution is 2.20. The fourth-order valence-electron chi connectivity index (χ4n) is 4.12. The molecule has 6 heteroatoms. The van der Waals surface area contributed by atoms with Crippen LogP contribution in [-0.2, 0) is 13.1 Å². The van der Waals surface area contributed by atoms with Crippen molar-refractivity contribution in [1.29, 1.82) is 0 Å². The van der Waals surface area contributed by atoms with Crippen LogP contribution in [0.1, 0.15) is 24.7 Å². The molecule has 1 atom stereocenters. The summed E-state index contributed by atoms with van der Waals surface area (Å²) < 4.78 is 5.54.